The molecular weight excluding hydrogens is 368 g/mol. The fraction of sp³-hybridized carbons (Fsp3) is 0.500. The number of nitro groups is 1. The number of likely N-dealkylation sites (N-methyl/N-ethyl adjacent to an activating group) is 1. The van der Waals surface area contributed by atoms with Crippen molar-refractivity contribution in [3.8, 4) is 0 Å². The predicted octanol–water partition coefficient (Wildman–Crippen LogP) is 1.18. The van der Waals surface area contributed by atoms with Gasteiger partial charge in [-0.1, -0.05) is 12.1 Å². The van der Waals surface area contributed by atoms with E-state index in [1.165, 1.54) is 22.9 Å². The Balaban J connectivity index is 1.80. The zero-order chi connectivity index (χ0) is 20.7. The average molecular weight is 392 g/mol. The molecule has 1 aromatic carbocycles. The van der Waals surface area contributed by atoms with Crippen LogP contribution in [-0.4, -0.2) is 70.8 Å². The third-order valence-corrected chi connectivity index (χ3v) is 4.68. The SMILES string of the molecule is CN(CC(=O)N1CCCC(C(=O)O)C1)C(=O)CCNc1ccccc1[N+](=O)[O-]. The number of carbonyl (C=O) groups excluding carboxylic acids is 2. The summed E-state index contributed by atoms with van der Waals surface area (Å²) in [6.07, 6.45) is 1.24. The minimum atomic E-state index is -0.914. The fourth-order valence-electron chi connectivity index (χ4n) is 3.07. The number of carboxylic acid groups (broad SMARTS) is 1. The van der Waals surface area contributed by atoms with E-state index in [0.29, 0.717) is 25.1 Å². The number of rotatable bonds is 8. The quantitative estimate of drug-likeness (QED) is 0.501. The van der Waals surface area contributed by atoms with Gasteiger partial charge in [-0.05, 0) is 18.9 Å². The number of nitro benzene ring substituents is 1. The molecule has 2 N–H and O–H groups in total. The molecule has 0 bridgehead atoms. The van der Waals surface area contributed by atoms with Crippen LogP contribution in [-0.2, 0) is 14.4 Å². The van der Waals surface area contributed by atoms with Crippen molar-refractivity contribution >= 4 is 29.2 Å². The number of benzene rings is 1. The van der Waals surface area contributed by atoms with Gasteiger partial charge in [0.15, 0.2) is 0 Å². The van der Waals surface area contributed by atoms with Gasteiger partial charge >= 0.3 is 5.97 Å². The number of amides is 2. The molecule has 2 rings (SSSR count). The Morgan fingerprint density at radius 3 is 2.75 bits per heavy atom. The number of nitrogens with zero attached hydrogens (tertiary/aromatic N) is 3. The lowest BCUT2D eigenvalue weighted by atomic mass is 9.98. The van der Waals surface area contributed by atoms with Crippen LogP contribution in [0.3, 0.4) is 0 Å². The highest BCUT2D eigenvalue weighted by Gasteiger charge is 2.28. The van der Waals surface area contributed by atoms with E-state index in [0.717, 1.165) is 0 Å². The van der Waals surface area contributed by atoms with Crippen LogP contribution in [0.4, 0.5) is 11.4 Å². The molecule has 1 aliphatic rings. The summed E-state index contributed by atoms with van der Waals surface area (Å²) in [4.78, 5) is 48.9. The van der Waals surface area contributed by atoms with Crippen LogP contribution in [0.1, 0.15) is 19.3 Å². The third kappa shape index (κ3) is 5.66. The van der Waals surface area contributed by atoms with Crippen molar-refractivity contribution in [3.05, 3.63) is 34.4 Å². The summed E-state index contributed by atoms with van der Waals surface area (Å²) in [7, 11) is 1.50. The standard InChI is InChI=1S/C18H24N4O6/c1-20(12-17(24)21-10-4-5-13(11-21)18(25)26)16(23)8-9-19-14-6-2-3-7-15(14)22(27)28/h2-3,6-7,13,19H,4-5,8-12H2,1H3,(H,25,26). The molecular formula is C18H24N4O6. The normalized spacial score (nSPS) is 16.3. The number of carboxylic acids is 1. The van der Waals surface area contributed by atoms with E-state index in [9.17, 15) is 24.5 Å². The maximum Gasteiger partial charge on any atom is 0.308 e. The van der Waals surface area contributed by atoms with Gasteiger partial charge in [0.2, 0.25) is 11.8 Å². The van der Waals surface area contributed by atoms with Gasteiger partial charge in [0.1, 0.15) is 5.69 Å². The number of nitrogens with one attached hydrogen (secondary N) is 1. The summed E-state index contributed by atoms with van der Waals surface area (Å²) in [5.41, 5.74) is 0.253. The zero-order valence-electron chi connectivity index (χ0n) is 15.7. The molecule has 10 nitrogen and oxygen atoms in total. The molecule has 1 fully saturated rings. The molecule has 1 heterocycles. The molecule has 1 unspecified atom stereocenters. The summed E-state index contributed by atoms with van der Waals surface area (Å²) >= 11 is 0. The van der Waals surface area contributed by atoms with E-state index in [-0.39, 0.29) is 43.6 Å². The molecule has 0 saturated carbocycles. The van der Waals surface area contributed by atoms with Gasteiger partial charge in [-0.25, -0.2) is 0 Å². The molecule has 28 heavy (non-hydrogen) atoms. The fourth-order valence-corrected chi connectivity index (χ4v) is 3.07. The number of para-hydroxylation sites is 2. The van der Waals surface area contributed by atoms with Crippen LogP contribution in [0, 0.1) is 16.0 Å². The molecule has 1 aliphatic heterocycles. The lowest BCUT2D eigenvalue weighted by Crippen LogP contribution is -2.47. The number of hydrogen-bond acceptors (Lipinski definition) is 6. The molecule has 2 amide bonds. The highest BCUT2D eigenvalue weighted by atomic mass is 16.6. The maximum atomic E-state index is 12.3. The molecule has 10 heteroatoms. The van der Waals surface area contributed by atoms with Gasteiger partial charge < -0.3 is 20.2 Å². The predicted molar refractivity (Wildman–Crippen MR) is 101 cm³/mol. The highest BCUT2D eigenvalue weighted by Crippen LogP contribution is 2.23. The molecule has 0 aromatic heterocycles. The largest absolute Gasteiger partial charge is 0.481 e. The first-order chi connectivity index (χ1) is 13.3. The highest BCUT2D eigenvalue weighted by molar-refractivity contribution is 5.85. The zero-order valence-corrected chi connectivity index (χ0v) is 15.7. The summed E-state index contributed by atoms with van der Waals surface area (Å²) in [5.74, 6) is -2.05. The second-order valence-corrected chi connectivity index (χ2v) is 6.72. The van der Waals surface area contributed by atoms with Crippen molar-refractivity contribution in [1.29, 1.82) is 0 Å². The van der Waals surface area contributed by atoms with Crippen LogP contribution in [0.2, 0.25) is 0 Å². The van der Waals surface area contributed by atoms with Gasteiger partial charge in [-0.2, -0.15) is 0 Å². The molecule has 0 aliphatic carbocycles. The van der Waals surface area contributed by atoms with Gasteiger partial charge in [0.05, 0.1) is 17.4 Å². The third-order valence-electron chi connectivity index (χ3n) is 4.68. The van der Waals surface area contributed by atoms with E-state index in [1.807, 2.05) is 0 Å². The summed E-state index contributed by atoms with van der Waals surface area (Å²) in [6.45, 7) is 0.711. The molecule has 0 radical (unpaired) electrons. The number of piperidine rings is 1. The number of likely N-dealkylation sites (tertiary alicyclic amines) is 1. The lowest BCUT2D eigenvalue weighted by molar-refractivity contribution is -0.384. The Bertz CT molecular complexity index is 753. The van der Waals surface area contributed by atoms with Crippen LogP contribution < -0.4 is 5.32 Å². The minimum absolute atomic E-state index is 0.0631. The van der Waals surface area contributed by atoms with Gasteiger partial charge in [0.25, 0.3) is 5.69 Å². The second-order valence-electron chi connectivity index (χ2n) is 6.72. The number of carbonyl (C=O) groups is 3. The van der Waals surface area contributed by atoms with Crippen LogP contribution in [0.25, 0.3) is 0 Å². The van der Waals surface area contributed by atoms with E-state index in [4.69, 9.17) is 5.11 Å². The summed E-state index contributed by atoms with van der Waals surface area (Å²) in [5, 5.41) is 22.9. The van der Waals surface area contributed by atoms with Gasteiger partial charge in [-0.15, -0.1) is 0 Å². The summed E-state index contributed by atoms with van der Waals surface area (Å²) in [6, 6.07) is 6.15. The Kier molecular flexibility index (Phi) is 7.30. The molecule has 1 atom stereocenters. The topological polar surface area (TPSA) is 133 Å². The molecule has 1 saturated heterocycles. The summed E-state index contributed by atoms with van der Waals surface area (Å²) < 4.78 is 0. The lowest BCUT2D eigenvalue weighted by Gasteiger charge is -2.32. The number of aliphatic carboxylic acids is 1. The van der Waals surface area contributed by atoms with Crippen molar-refractivity contribution in [1.82, 2.24) is 9.80 Å². The van der Waals surface area contributed by atoms with Gasteiger partial charge in [-0.3, -0.25) is 24.5 Å². The Hall–Kier alpha value is -3.17. The van der Waals surface area contributed by atoms with Crippen LogP contribution >= 0.6 is 0 Å². The Morgan fingerprint density at radius 1 is 1.36 bits per heavy atom. The first kappa shape index (κ1) is 21.1. The van der Waals surface area contributed by atoms with E-state index in [1.54, 1.807) is 18.2 Å². The number of hydrogen-bond donors (Lipinski definition) is 2. The molecule has 0 spiro atoms. The van der Waals surface area contributed by atoms with Gasteiger partial charge in [0, 0.05) is 39.2 Å². The smallest absolute Gasteiger partial charge is 0.308 e. The average Bonchev–Trinajstić information content (AvgIpc) is 2.68. The van der Waals surface area contributed by atoms with Crippen LogP contribution in [0.5, 0.6) is 0 Å². The first-order valence-corrected chi connectivity index (χ1v) is 9.01. The second kappa shape index (κ2) is 9.67. The maximum absolute atomic E-state index is 12.3. The Morgan fingerprint density at radius 2 is 2.07 bits per heavy atom. The van der Waals surface area contributed by atoms with E-state index < -0.39 is 16.8 Å². The van der Waals surface area contributed by atoms with E-state index >= 15 is 0 Å². The van der Waals surface area contributed by atoms with E-state index in [2.05, 4.69) is 5.32 Å². The Labute approximate surface area is 162 Å². The molecule has 152 valence electrons. The van der Waals surface area contributed by atoms with Crippen molar-refractivity contribution in [3.63, 3.8) is 0 Å². The number of anilines is 1. The van der Waals surface area contributed by atoms with Crippen molar-refractivity contribution in [2.24, 2.45) is 5.92 Å². The van der Waals surface area contributed by atoms with Crippen molar-refractivity contribution < 1.29 is 24.4 Å². The van der Waals surface area contributed by atoms with Crippen LogP contribution in [0.15, 0.2) is 24.3 Å². The molecule has 1 aromatic rings. The van der Waals surface area contributed by atoms with Crippen molar-refractivity contribution in [2.45, 2.75) is 19.3 Å². The first-order valence-electron chi connectivity index (χ1n) is 9.01. The minimum Gasteiger partial charge on any atom is -0.481 e. The monoisotopic (exact) mass is 392 g/mol. The van der Waals surface area contributed by atoms with Crippen molar-refractivity contribution in [2.75, 3.05) is 38.5 Å².